The molecule has 1 heterocycles. The molecule has 0 radical (unpaired) electrons. The molecule has 1 atom stereocenters. The second-order valence-electron chi connectivity index (χ2n) is 7.69. The van der Waals surface area contributed by atoms with E-state index < -0.39 is 0 Å². The van der Waals surface area contributed by atoms with Gasteiger partial charge in [0.1, 0.15) is 0 Å². The predicted molar refractivity (Wildman–Crippen MR) is 142 cm³/mol. The molecule has 1 saturated heterocycles. The molecule has 1 fully saturated rings. The standard InChI is InChI=1S/C14H10.C5H12.C4H9N.C4H8.C2H7N/c1-3-7-13(8-4-1)11-12-14-9-5-2-6-10-14;1-3-5-4-2;1-4-2-3-5-4;1-4(2)3;1-3-2/h1-10H;3-5H2,1-2H3;4-5H,2-3H2,1H3;1H2,2-3H3;3H,1-2H3. The van der Waals surface area contributed by atoms with E-state index in [9.17, 15) is 0 Å². The fraction of sp³-hybridized carbons (Fsp3) is 0.448. The number of allylic oxidation sites excluding steroid dienone is 1. The largest absolute Gasteiger partial charge is 0.323 e. The molecule has 0 spiro atoms. The van der Waals surface area contributed by atoms with Gasteiger partial charge in [0.05, 0.1) is 0 Å². The summed E-state index contributed by atoms with van der Waals surface area (Å²) in [7, 11) is 3.75. The fourth-order valence-corrected chi connectivity index (χ4v) is 1.97. The van der Waals surface area contributed by atoms with Crippen molar-refractivity contribution in [3.8, 4) is 11.8 Å². The number of nitrogens with one attached hydrogen (secondary N) is 2. The van der Waals surface area contributed by atoms with E-state index in [-0.39, 0.29) is 0 Å². The summed E-state index contributed by atoms with van der Waals surface area (Å²) in [5.74, 6) is 6.22. The number of hydrogen-bond acceptors (Lipinski definition) is 2. The van der Waals surface area contributed by atoms with Gasteiger partial charge in [-0.3, -0.25) is 0 Å². The maximum absolute atomic E-state index is 3.56. The zero-order valence-electron chi connectivity index (χ0n) is 21.1. The van der Waals surface area contributed by atoms with Crippen LogP contribution >= 0.6 is 0 Å². The monoisotopic (exact) mass is 422 g/mol. The average molecular weight is 423 g/mol. The fourth-order valence-electron chi connectivity index (χ4n) is 1.97. The molecule has 3 rings (SSSR count). The summed E-state index contributed by atoms with van der Waals surface area (Å²) in [6.07, 6.45) is 5.45. The van der Waals surface area contributed by atoms with Crippen molar-refractivity contribution in [1.29, 1.82) is 0 Å². The zero-order chi connectivity index (χ0) is 23.7. The second kappa shape index (κ2) is 23.9. The maximum Gasteiger partial charge on any atom is 0.0249 e. The van der Waals surface area contributed by atoms with Crippen LogP contribution in [0.25, 0.3) is 0 Å². The first kappa shape index (κ1) is 30.9. The van der Waals surface area contributed by atoms with Crippen molar-refractivity contribution in [2.24, 2.45) is 0 Å². The normalized spacial score (nSPS) is 12.7. The highest BCUT2D eigenvalue weighted by Crippen LogP contribution is 1.98. The first-order valence-electron chi connectivity index (χ1n) is 11.5. The summed E-state index contributed by atoms with van der Waals surface area (Å²) in [6.45, 7) is 15.4. The van der Waals surface area contributed by atoms with Crippen LogP contribution in [0, 0.1) is 11.8 Å². The highest BCUT2D eigenvalue weighted by molar-refractivity contribution is 5.42. The van der Waals surface area contributed by atoms with E-state index in [1.807, 2.05) is 88.6 Å². The molecule has 0 saturated carbocycles. The van der Waals surface area contributed by atoms with E-state index >= 15 is 0 Å². The SMILES string of the molecule is C(#Cc1ccccc1)c1ccccc1.C=C(C)C.CC1CCN1.CCCCC.CNC. The number of hydrogen-bond donors (Lipinski definition) is 2. The number of unbranched alkanes of at least 4 members (excludes halogenated alkanes) is 2. The van der Waals surface area contributed by atoms with Crippen molar-refractivity contribution in [2.75, 3.05) is 20.6 Å². The van der Waals surface area contributed by atoms with Gasteiger partial charge in [-0.25, -0.2) is 0 Å². The van der Waals surface area contributed by atoms with Crippen molar-refractivity contribution in [3.63, 3.8) is 0 Å². The lowest BCUT2D eigenvalue weighted by molar-refractivity contribution is 0.399. The molecule has 2 aromatic carbocycles. The number of rotatable bonds is 2. The average Bonchev–Trinajstić information content (AvgIpc) is 2.74. The molecular weight excluding hydrogens is 376 g/mol. The summed E-state index contributed by atoms with van der Waals surface area (Å²) >= 11 is 0. The van der Waals surface area contributed by atoms with Gasteiger partial charge in [-0.2, -0.15) is 0 Å². The molecule has 172 valence electrons. The molecule has 2 N–H and O–H groups in total. The Bertz CT molecular complexity index is 627. The van der Waals surface area contributed by atoms with Gasteiger partial charge in [0.15, 0.2) is 0 Å². The van der Waals surface area contributed by atoms with Crippen molar-refractivity contribution in [1.82, 2.24) is 10.6 Å². The van der Waals surface area contributed by atoms with E-state index in [1.54, 1.807) is 0 Å². The quantitative estimate of drug-likeness (QED) is 0.399. The summed E-state index contributed by atoms with van der Waals surface area (Å²) in [5, 5.41) is 5.96. The highest BCUT2D eigenvalue weighted by atomic mass is 15.0. The van der Waals surface area contributed by atoms with Crippen molar-refractivity contribution < 1.29 is 0 Å². The third-order valence-electron chi connectivity index (χ3n) is 3.68. The van der Waals surface area contributed by atoms with E-state index in [2.05, 4.69) is 49.8 Å². The Morgan fingerprint density at radius 3 is 1.35 bits per heavy atom. The maximum atomic E-state index is 3.56. The first-order valence-corrected chi connectivity index (χ1v) is 11.5. The van der Waals surface area contributed by atoms with Crippen LogP contribution in [0.3, 0.4) is 0 Å². The lowest BCUT2D eigenvalue weighted by Crippen LogP contribution is -2.39. The van der Waals surface area contributed by atoms with Crippen molar-refractivity contribution in [2.45, 2.75) is 66.3 Å². The van der Waals surface area contributed by atoms with Gasteiger partial charge in [-0.05, 0) is 72.1 Å². The second-order valence-corrected chi connectivity index (χ2v) is 7.69. The Morgan fingerprint density at radius 1 is 0.903 bits per heavy atom. The molecule has 1 unspecified atom stereocenters. The smallest absolute Gasteiger partial charge is 0.0249 e. The van der Waals surface area contributed by atoms with Crippen LogP contribution in [0.5, 0.6) is 0 Å². The molecule has 0 bridgehead atoms. The molecule has 2 heteroatoms. The Hall–Kier alpha value is -2.34. The zero-order valence-corrected chi connectivity index (χ0v) is 21.1. The van der Waals surface area contributed by atoms with E-state index in [0.717, 1.165) is 17.2 Å². The lowest BCUT2D eigenvalue weighted by atomic mass is 10.1. The third-order valence-corrected chi connectivity index (χ3v) is 3.68. The third kappa shape index (κ3) is 25.6. The first-order chi connectivity index (χ1) is 14.9. The molecule has 31 heavy (non-hydrogen) atoms. The number of benzene rings is 2. The molecule has 0 amide bonds. The van der Waals surface area contributed by atoms with Crippen LogP contribution in [-0.4, -0.2) is 26.7 Å². The minimum Gasteiger partial charge on any atom is -0.323 e. The summed E-state index contributed by atoms with van der Waals surface area (Å²) in [5.41, 5.74) is 3.27. The topological polar surface area (TPSA) is 24.1 Å². The molecule has 2 nitrogen and oxygen atoms in total. The van der Waals surface area contributed by atoms with Crippen LogP contribution in [0.2, 0.25) is 0 Å². The van der Waals surface area contributed by atoms with Crippen molar-refractivity contribution >= 4 is 0 Å². The van der Waals surface area contributed by atoms with Crippen LogP contribution < -0.4 is 10.6 Å². The van der Waals surface area contributed by atoms with Gasteiger partial charge in [0, 0.05) is 17.2 Å². The van der Waals surface area contributed by atoms with Crippen LogP contribution in [0.4, 0.5) is 0 Å². The molecule has 0 aliphatic carbocycles. The lowest BCUT2D eigenvalue weighted by Gasteiger charge is -2.22. The van der Waals surface area contributed by atoms with E-state index in [1.165, 1.54) is 37.8 Å². The van der Waals surface area contributed by atoms with Gasteiger partial charge in [0.25, 0.3) is 0 Å². The summed E-state index contributed by atoms with van der Waals surface area (Å²) < 4.78 is 0. The highest BCUT2D eigenvalue weighted by Gasteiger charge is 2.07. The van der Waals surface area contributed by atoms with Gasteiger partial charge in [0.2, 0.25) is 0 Å². The van der Waals surface area contributed by atoms with Gasteiger partial charge < -0.3 is 10.6 Å². The molecular formula is C29H46N2. The van der Waals surface area contributed by atoms with Crippen LogP contribution in [0.1, 0.15) is 71.4 Å². The molecule has 1 aliphatic heterocycles. The Labute approximate surface area is 193 Å². The molecule has 1 aliphatic rings. The Morgan fingerprint density at radius 2 is 1.19 bits per heavy atom. The summed E-state index contributed by atoms with van der Waals surface area (Å²) in [6, 6.07) is 20.8. The van der Waals surface area contributed by atoms with E-state index in [0.29, 0.717) is 0 Å². The molecule has 2 aromatic rings. The Kier molecular flexibility index (Phi) is 23.8. The van der Waals surface area contributed by atoms with Gasteiger partial charge in [-0.15, -0.1) is 6.58 Å². The van der Waals surface area contributed by atoms with Gasteiger partial charge in [-0.1, -0.05) is 86.9 Å². The van der Waals surface area contributed by atoms with Crippen LogP contribution in [-0.2, 0) is 0 Å². The minimum atomic E-state index is 0.815. The minimum absolute atomic E-state index is 0.815. The van der Waals surface area contributed by atoms with Crippen LogP contribution in [0.15, 0.2) is 72.8 Å². The van der Waals surface area contributed by atoms with E-state index in [4.69, 9.17) is 0 Å². The predicted octanol–water partition coefficient (Wildman–Crippen LogP) is 7.07. The Balaban J connectivity index is 0. The van der Waals surface area contributed by atoms with Gasteiger partial charge >= 0.3 is 0 Å². The summed E-state index contributed by atoms with van der Waals surface area (Å²) in [4.78, 5) is 0. The molecule has 0 aromatic heterocycles. The van der Waals surface area contributed by atoms with Crippen molar-refractivity contribution in [3.05, 3.63) is 83.9 Å².